The molecule has 1 aromatic carbocycles. The monoisotopic (exact) mass is 353 g/mol. The Morgan fingerprint density at radius 1 is 1.27 bits per heavy atom. The highest BCUT2D eigenvalue weighted by Gasteiger charge is 2.16. The van der Waals surface area contributed by atoms with Gasteiger partial charge in [-0.05, 0) is 48.7 Å². The first-order chi connectivity index (χ1) is 12.8. The van der Waals surface area contributed by atoms with Crippen LogP contribution < -0.4 is 10.1 Å². The van der Waals surface area contributed by atoms with Gasteiger partial charge in [0.15, 0.2) is 5.96 Å². The maximum absolute atomic E-state index is 5.52. The predicted molar refractivity (Wildman–Crippen MR) is 106 cm³/mol. The third kappa shape index (κ3) is 4.69. The van der Waals surface area contributed by atoms with E-state index < -0.39 is 0 Å². The summed E-state index contributed by atoms with van der Waals surface area (Å²) >= 11 is 0. The molecule has 0 spiro atoms. The minimum atomic E-state index is 0.697. The van der Waals surface area contributed by atoms with E-state index in [1.807, 2.05) is 38.2 Å². The minimum Gasteiger partial charge on any atom is -0.494 e. The van der Waals surface area contributed by atoms with Crippen LogP contribution in [-0.2, 0) is 6.42 Å². The first kappa shape index (κ1) is 18.1. The van der Waals surface area contributed by atoms with Gasteiger partial charge in [-0.1, -0.05) is 18.2 Å². The van der Waals surface area contributed by atoms with Crippen molar-refractivity contribution in [3.05, 3.63) is 60.1 Å². The number of rotatable bonds is 6. The van der Waals surface area contributed by atoms with Crippen LogP contribution in [0.15, 0.2) is 58.1 Å². The Balaban J connectivity index is 1.53. The van der Waals surface area contributed by atoms with E-state index in [2.05, 4.69) is 33.4 Å². The summed E-state index contributed by atoms with van der Waals surface area (Å²) in [6, 6.07) is 12.3. The standard InChI is InChI=1S/C21H27N3O2/c1-3-25-20-8-6-17(7-9-20)18-11-14-24(15-12-18)21(22-2)23-13-10-19-5-4-16-26-19/h4-9,11,16H,3,10,12-15H2,1-2H3,(H,22,23). The largest absolute Gasteiger partial charge is 0.494 e. The number of furan rings is 1. The molecule has 26 heavy (non-hydrogen) atoms. The van der Waals surface area contributed by atoms with E-state index in [0.717, 1.165) is 49.9 Å². The summed E-state index contributed by atoms with van der Waals surface area (Å²) in [5, 5.41) is 3.42. The molecule has 0 unspecified atom stereocenters. The van der Waals surface area contributed by atoms with Crippen LogP contribution in [0.1, 0.15) is 24.7 Å². The molecule has 0 bridgehead atoms. The lowest BCUT2D eigenvalue weighted by Gasteiger charge is -2.29. The first-order valence-electron chi connectivity index (χ1n) is 9.20. The number of hydrogen-bond donors (Lipinski definition) is 1. The van der Waals surface area contributed by atoms with E-state index in [9.17, 15) is 0 Å². The Morgan fingerprint density at radius 3 is 2.73 bits per heavy atom. The second kappa shape index (κ2) is 9.13. The van der Waals surface area contributed by atoms with E-state index in [1.54, 1.807) is 6.26 Å². The highest BCUT2D eigenvalue weighted by Crippen LogP contribution is 2.24. The number of guanidine groups is 1. The lowest BCUT2D eigenvalue weighted by Crippen LogP contribution is -2.44. The number of nitrogens with one attached hydrogen (secondary N) is 1. The lowest BCUT2D eigenvalue weighted by atomic mass is 9.99. The summed E-state index contributed by atoms with van der Waals surface area (Å²) in [5.74, 6) is 2.86. The summed E-state index contributed by atoms with van der Waals surface area (Å²) in [5.41, 5.74) is 2.66. The van der Waals surface area contributed by atoms with Gasteiger partial charge in [0.1, 0.15) is 11.5 Å². The Morgan fingerprint density at radius 2 is 2.12 bits per heavy atom. The maximum Gasteiger partial charge on any atom is 0.193 e. The van der Waals surface area contributed by atoms with Gasteiger partial charge in [-0.3, -0.25) is 4.99 Å². The fourth-order valence-corrected chi connectivity index (χ4v) is 3.14. The van der Waals surface area contributed by atoms with Crippen LogP contribution in [-0.4, -0.2) is 44.1 Å². The number of nitrogens with zero attached hydrogens (tertiary/aromatic N) is 2. The molecule has 0 fully saturated rings. The number of hydrogen-bond acceptors (Lipinski definition) is 3. The molecular weight excluding hydrogens is 326 g/mol. The Bertz CT molecular complexity index is 733. The quantitative estimate of drug-likeness (QED) is 0.637. The van der Waals surface area contributed by atoms with Crippen molar-refractivity contribution in [1.29, 1.82) is 0 Å². The summed E-state index contributed by atoms with van der Waals surface area (Å²) in [7, 11) is 1.83. The molecule has 5 heteroatoms. The topological polar surface area (TPSA) is 50.0 Å². The van der Waals surface area contributed by atoms with Crippen molar-refractivity contribution < 1.29 is 9.15 Å². The SMILES string of the molecule is CCOc1ccc(C2=CCN(C(=NC)NCCc3ccco3)CC2)cc1. The van der Waals surface area contributed by atoms with Crippen LogP contribution in [0.25, 0.3) is 5.57 Å². The highest BCUT2D eigenvalue weighted by atomic mass is 16.5. The zero-order valence-corrected chi connectivity index (χ0v) is 15.6. The Kier molecular flexibility index (Phi) is 6.36. The Hall–Kier alpha value is -2.69. The van der Waals surface area contributed by atoms with Crippen LogP contribution in [0.2, 0.25) is 0 Å². The van der Waals surface area contributed by atoms with Crippen molar-refractivity contribution in [3.63, 3.8) is 0 Å². The molecule has 1 aliphatic heterocycles. The van der Waals surface area contributed by atoms with Gasteiger partial charge in [0.05, 0.1) is 12.9 Å². The van der Waals surface area contributed by atoms with E-state index in [0.29, 0.717) is 6.61 Å². The molecule has 3 rings (SSSR count). The smallest absolute Gasteiger partial charge is 0.193 e. The van der Waals surface area contributed by atoms with E-state index in [4.69, 9.17) is 9.15 Å². The van der Waals surface area contributed by atoms with Crippen molar-refractivity contribution in [3.8, 4) is 5.75 Å². The maximum atomic E-state index is 5.52. The van der Waals surface area contributed by atoms with Crippen LogP contribution in [0.5, 0.6) is 5.75 Å². The summed E-state index contributed by atoms with van der Waals surface area (Å²) in [6.45, 7) is 5.33. The van der Waals surface area contributed by atoms with Crippen LogP contribution >= 0.6 is 0 Å². The molecule has 2 heterocycles. The first-order valence-corrected chi connectivity index (χ1v) is 9.20. The van der Waals surface area contributed by atoms with Crippen LogP contribution in [0.4, 0.5) is 0 Å². The molecular formula is C21H27N3O2. The fourth-order valence-electron chi connectivity index (χ4n) is 3.14. The van der Waals surface area contributed by atoms with Crippen LogP contribution in [0.3, 0.4) is 0 Å². The second-order valence-electron chi connectivity index (χ2n) is 6.19. The van der Waals surface area contributed by atoms with Gasteiger partial charge in [0.25, 0.3) is 0 Å². The molecule has 1 aliphatic rings. The molecule has 0 aliphatic carbocycles. The van der Waals surface area contributed by atoms with Gasteiger partial charge < -0.3 is 19.4 Å². The normalized spacial score (nSPS) is 14.9. The Labute approximate surface area is 155 Å². The van der Waals surface area contributed by atoms with E-state index >= 15 is 0 Å². The molecule has 0 saturated carbocycles. The fraction of sp³-hybridized carbons (Fsp3) is 0.381. The van der Waals surface area contributed by atoms with Gasteiger partial charge in [-0.2, -0.15) is 0 Å². The average Bonchev–Trinajstić information content (AvgIpc) is 3.20. The average molecular weight is 353 g/mol. The summed E-state index contributed by atoms with van der Waals surface area (Å²) in [6.07, 6.45) is 5.86. The van der Waals surface area contributed by atoms with Gasteiger partial charge in [0, 0.05) is 33.1 Å². The molecule has 1 aromatic heterocycles. The van der Waals surface area contributed by atoms with Gasteiger partial charge >= 0.3 is 0 Å². The third-order valence-electron chi connectivity index (χ3n) is 4.49. The van der Waals surface area contributed by atoms with Crippen molar-refractivity contribution in [1.82, 2.24) is 10.2 Å². The summed E-state index contributed by atoms with van der Waals surface area (Å²) < 4.78 is 10.9. The molecule has 0 atom stereocenters. The zero-order chi connectivity index (χ0) is 18.2. The van der Waals surface area contributed by atoms with Crippen molar-refractivity contribution in [2.24, 2.45) is 4.99 Å². The van der Waals surface area contributed by atoms with Crippen molar-refractivity contribution in [2.75, 3.05) is 33.3 Å². The highest BCUT2D eigenvalue weighted by molar-refractivity contribution is 5.81. The van der Waals surface area contributed by atoms with Crippen LogP contribution in [0, 0.1) is 0 Å². The molecule has 138 valence electrons. The van der Waals surface area contributed by atoms with Crippen molar-refractivity contribution >= 4 is 11.5 Å². The minimum absolute atomic E-state index is 0.697. The van der Waals surface area contributed by atoms with Gasteiger partial charge in [-0.15, -0.1) is 0 Å². The number of benzene rings is 1. The molecule has 1 N–H and O–H groups in total. The van der Waals surface area contributed by atoms with Gasteiger partial charge in [-0.25, -0.2) is 0 Å². The molecule has 0 saturated heterocycles. The zero-order valence-electron chi connectivity index (χ0n) is 15.6. The molecule has 5 nitrogen and oxygen atoms in total. The second-order valence-corrected chi connectivity index (χ2v) is 6.19. The third-order valence-corrected chi connectivity index (χ3v) is 4.49. The van der Waals surface area contributed by atoms with E-state index in [1.165, 1.54) is 11.1 Å². The number of ether oxygens (including phenoxy) is 1. The van der Waals surface area contributed by atoms with E-state index in [-0.39, 0.29) is 0 Å². The molecule has 0 amide bonds. The molecule has 0 radical (unpaired) electrons. The number of aliphatic imine (C=N–C) groups is 1. The predicted octanol–water partition coefficient (Wildman–Crippen LogP) is 3.59. The summed E-state index contributed by atoms with van der Waals surface area (Å²) in [4.78, 5) is 6.69. The molecule has 2 aromatic rings. The van der Waals surface area contributed by atoms with Gasteiger partial charge in [0.2, 0.25) is 0 Å². The lowest BCUT2D eigenvalue weighted by molar-refractivity contribution is 0.340. The van der Waals surface area contributed by atoms with Crippen molar-refractivity contribution in [2.45, 2.75) is 19.8 Å².